The number of benzene rings is 1. The van der Waals surface area contributed by atoms with Gasteiger partial charge in [0.1, 0.15) is 6.10 Å². The SMILES string of the molecule is COC(=O)/C=C1/CC(CCc2ccccc2)OC1=O. The molecule has 2 rings (SSSR count). The van der Waals surface area contributed by atoms with Crippen LogP contribution in [0.5, 0.6) is 0 Å². The van der Waals surface area contributed by atoms with Crippen molar-refractivity contribution in [2.45, 2.75) is 25.4 Å². The predicted molar refractivity (Wildman–Crippen MR) is 69.4 cm³/mol. The molecule has 0 radical (unpaired) electrons. The lowest BCUT2D eigenvalue weighted by atomic mass is 10.0. The number of rotatable bonds is 4. The van der Waals surface area contributed by atoms with E-state index in [0.29, 0.717) is 12.0 Å². The molecule has 4 nitrogen and oxygen atoms in total. The molecule has 0 N–H and O–H groups in total. The van der Waals surface area contributed by atoms with E-state index in [4.69, 9.17) is 4.74 Å². The highest BCUT2D eigenvalue weighted by atomic mass is 16.6. The van der Waals surface area contributed by atoms with Gasteiger partial charge in [0.15, 0.2) is 0 Å². The molecule has 1 saturated heterocycles. The number of ether oxygens (including phenoxy) is 2. The van der Waals surface area contributed by atoms with Gasteiger partial charge in [-0.3, -0.25) is 0 Å². The summed E-state index contributed by atoms with van der Waals surface area (Å²) in [6.07, 6.45) is 3.15. The summed E-state index contributed by atoms with van der Waals surface area (Å²) >= 11 is 0. The van der Waals surface area contributed by atoms with E-state index in [1.165, 1.54) is 18.7 Å². The van der Waals surface area contributed by atoms with Gasteiger partial charge in [-0.1, -0.05) is 30.3 Å². The zero-order chi connectivity index (χ0) is 13.7. The number of hydrogen-bond acceptors (Lipinski definition) is 4. The first-order valence-electron chi connectivity index (χ1n) is 6.22. The summed E-state index contributed by atoms with van der Waals surface area (Å²) in [6, 6.07) is 10.0. The lowest BCUT2D eigenvalue weighted by Gasteiger charge is -2.07. The van der Waals surface area contributed by atoms with Crippen molar-refractivity contribution in [1.29, 1.82) is 0 Å². The summed E-state index contributed by atoms with van der Waals surface area (Å²) in [5.41, 5.74) is 1.61. The van der Waals surface area contributed by atoms with Gasteiger partial charge in [0.25, 0.3) is 0 Å². The Morgan fingerprint density at radius 3 is 2.84 bits per heavy atom. The van der Waals surface area contributed by atoms with Crippen molar-refractivity contribution < 1.29 is 19.1 Å². The zero-order valence-corrected chi connectivity index (χ0v) is 10.8. The van der Waals surface area contributed by atoms with E-state index in [0.717, 1.165) is 12.8 Å². The molecule has 0 spiro atoms. The molecule has 1 heterocycles. The third-order valence-electron chi connectivity index (χ3n) is 3.07. The molecule has 1 aliphatic heterocycles. The van der Waals surface area contributed by atoms with E-state index in [2.05, 4.69) is 4.74 Å². The average molecular weight is 260 g/mol. The van der Waals surface area contributed by atoms with Crippen LogP contribution in [0.4, 0.5) is 0 Å². The Morgan fingerprint density at radius 1 is 1.42 bits per heavy atom. The van der Waals surface area contributed by atoms with Crippen LogP contribution in [0.15, 0.2) is 42.0 Å². The number of carbonyl (C=O) groups excluding carboxylic acids is 2. The molecule has 100 valence electrons. The standard InChI is InChI=1S/C15H16O4/c1-18-14(16)10-12-9-13(19-15(12)17)8-7-11-5-3-2-4-6-11/h2-6,10,13H,7-9H2,1H3/b12-10-. The third-order valence-corrected chi connectivity index (χ3v) is 3.07. The van der Waals surface area contributed by atoms with E-state index in [9.17, 15) is 9.59 Å². The van der Waals surface area contributed by atoms with Crippen molar-refractivity contribution in [2.24, 2.45) is 0 Å². The minimum Gasteiger partial charge on any atom is -0.466 e. The molecule has 1 aromatic rings. The fraction of sp³-hybridized carbons (Fsp3) is 0.333. The quantitative estimate of drug-likeness (QED) is 0.614. The fourth-order valence-electron chi connectivity index (χ4n) is 2.05. The number of methoxy groups -OCH3 is 1. The summed E-state index contributed by atoms with van der Waals surface area (Å²) in [4.78, 5) is 22.6. The highest BCUT2D eigenvalue weighted by Crippen LogP contribution is 2.24. The Hall–Kier alpha value is -2.10. The highest BCUT2D eigenvalue weighted by Gasteiger charge is 2.29. The van der Waals surface area contributed by atoms with Crippen LogP contribution in [-0.2, 0) is 25.5 Å². The predicted octanol–water partition coefficient (Wildman–Crippen LogP) is 2.03. The molecule has 1 unspecified atom stereocenters. The second kappa shape index (κ2) is 6.18. The molecule has 1 fully saturated rings. The number of esters is 2. The van der Waals surface area contributed by atoms with Gasteiger partial charge in [0, 0.05) is 18.1 Å². The zero-order valence-electron chi connectivity index (χ0n) is 10.8. The molecular formula is C15H16O4. The van der Waals surface area contributed by atoms with Crippen LogP contribution < -0.4 is 0 Å². The van der Waals surface area contributed by atoms with E-state index in [1.54, 1.807) is 0 Å². The Labute approximate surface area is 112 Å². The monoisotopic (exact) mass is 260 g/mol. The molecular weight excluding hydrogens is 244 g/mol. The lowest BCUT2D eigenvalue weighted by Crippen LogP contribution is -2.07. The van der Waals surface area contributed by atoms with Gasteiger partial charge in [-0.25, -0.2) is 9.59 Å². The minimum atomic E-state index is -0.518. The average Bonchev–Trinajstić information content (AvgIpc) is 2.78. The second-order valence-electron chi connectivity index (χ2n) is 4.45. The van der Waals surface area contributed by atoms with Crippen LogP contribution in [0.1, 0.15) is 18.4 Å². The maximum atomic E-state index is 11.5. The highest BCUT2D eigenvalue weighted by molar-refractivity contribution is 5.97. The Bertz CT molecular complexity index is 490. The van der Waals surface area contributed by atoms with Crippen molar-refractivity contribution in [3.8, 4) is 0 Å². The van der Waals surface area contributed by atoms with Gasteiger partial charge in [0.05, 0.1) is 7.11 Å². The lowest BCUT2D eigenvalue weighted by molar-refractivity contribution is -0.140. The van der Waals surface area contributed by atoms with Gasteiger partial charge in [-0.2, -0.15) is 0 Å². The Morgan fingerprint density at radius 2 is 2.16 bits per heavy atom. The summed E-state index contributed by atoms with van der Waals surface area (Å²) in [7, 11) is 1.28. The van der Waals surface area contributed by atoms with Gasteiger partial charge in [-0.05, 0) is 18.4 Å². The third kappa shape index (κ3) is 3.68. The molecule has 0 aromatic heterocycles. The second-order valence-corrected chi connectivity index (χ2v) is 4.45. The first kappa shape index (κ1) is 13.3. The van der Waals surface area contributed by atoms with Gasteiger partial charge in [0.2, 0.25) is 0 Å². The largest absolute Gasteiger partial charge is 0.466 e. The van der Waals surface area contributed by atoms with Crippen LogP contribution in [0.3, 0.4) is 0 Å². The van der Waals surface area contributed by atoms with E-state index in [-0.39, 0.29) is 6.10 Å². The molecule has 4 heteroatoms. The minimum absolute atomic E-state index is 0.149. The number of aryl methyl sites for hydroxylation is 1. The van der Waals surface area contributed by atoms with E-state index >= 15 is 0 Å². The molecule has 0 saturated carbocycles. The van der Waals surface area contributed by atoms with E-state index < -0.39 is 11.9 Å². The summed E-state index contributed by atoms with van der Waals surface area (Å²) in [5, 5.41) is 0. The normalized spacial score (nSPS) is 20.4. The Balaban J connectivity index is 1.89. The smallest absolute Gasteiger partial charge is 0.334 e. The molecule has 1 aliphatic rings. The van der Waals surface area contributed by atoms with Crippen LogP contribution in [0.2, 0.25) is 0 Å². The maximum absolute atomic E-state index is 11.5. The van der Waals surface area contributed by atoms with Crippen LogP contribution in [-0.4, -0.2) is 25.2 Å². The van der Waals surface area contributed by atoms with Gasteiger partial charge < -0.3 is 9.47 Å². The van der Waals surface area contributed by atoms with Crippen molar-refractivity contribution in [3.63, 3.8) is 0 Å². The van der Waals surface area contributed by atoms with Crippen LogP contribution in [0, 0.1) is 0 Å². The first-order chi connectivity index (χ1) is 9.19. The van der Waals surface area contributed by atoms with Crippen LogP contribution in [0.25, 0.3) is 0 Å². The maximum Gasteiger partial charge on any atom is 0.334 e. The summed E-state index contributed by atoms with van der Waals surface area (Å²) in [6.45, 7) is 0. The molecule has 19 heavy (non-hydrogen) atoms. The van der Waals surface area contributed by atoms with E-state index in [1.807, 2.05) is 30.3 Å². The number of cyclic esters (lactones) is 1. The Kier molecular flexibility index (Phi) is 4.34. The number of hydrogen-bond donors (Lipinski definition) is 0. The topological polar surface area (TPSA) is 52.6 Å². The van der Waals surface area contributed by atoms with Crippen molar-refractivity contribution in [2.75, 3.05) is 7.11 Å². The number of carbonyl (C=O) groups is 2. The first-order valence-corrected chi connectivity index (χ1v) is 6.22. The van der Waals surface area contributed by atoms with Crippen LogP contribution >= 0.6 is 0 Å². The summed E-state index contributed by atoms with van der Waals surface area (Å²) in [5.74, 6) is -0.931. The van der Waals surface area contributed by atoms with Gasteiger partial charge >= 0.3 is 11.9 Å². The summed E-state index contributed by atoms with van der Waals surface area (Å²) < 4.78 is 9.73. The van der Waals surface area contributed by atoms with Crippen molar-refractivity contribution >= 4 is 11.9 Å². The molecule has 0 amide bonds. The molecule has 1 aromatic carbocycles. The fourth-order valence-corrected chi connectivity index (χ4v) is 2.05. The molecule has 0 bridgehead atoms. The van der Waals surface area contributed by atoms with Gasteiger partial charge in [-0.15, -0.1) is 0 Å². The van der Waals surface area contributed by atoms with Crippen molar-refractivity contribution in [1.82, 2.24) is 0 Å². The van der Waals surface area contributed by atoms with Crippen molar-refractivity contribution in [3.05, 3.63) is 47.5 Å². The molecule has 1 atom stereocenters. The molecule has 0 aliphatic carbocycles.